The number of piperazine rings is 1. The van der Waals surface area contributed by atoms with E-state index < -0.39 is 0 Å². The fourth-order valence-corrected chi connectivity index (χ4v) is 3.11. The third kappa shape index (κ3) is 8.65. The Balaban J connectivity index is 1.91. The van der Waals surface area contributed by atoms with Gasteiger partial charge in [0.2, 0.25) is 0 Å². The van der Waals surface area contributed by atoms with Crippen LogP contribution in [0.25, 0.3) is 0 Å². The monoisotopic (exact) mass is 268 g/mol. The van der Waals surface area contributed by atoms with Crippen LogP contribution in [-0.4, -0.2) is 37.1 Å². The second-order valence-electron chi connectivity index (χ2n) is 6.22. The molecule has 0 spiro atoms. The van der Waals surface area contributed by atoms with Crippen LogP contribution in [0, 0.1) is 0 Å². The first-order chi connectivity index (χ1) is 9.36. The van der Waals surface area contributed by atoms with Crippen LogP contribution < -0.4 is 5.32 Å². The normalized spacial score (nSPS) is 20.8. The molecular weight excluding hydrogens is 232 g/mol. The zero-order valence-electron chi connectivity index (χ0n) is 13.4. The van der Waals surface area contributed by atoms with Crippen molar-refractivity contribution in [2.45, 2.75) is 84.1 Å². The molecule has 1 aliphatic rings. The van der Waals surface area contributed by atoms with Crippen molar-refractivity contribution in [3.05, 3.63) is 0 Å². The summed E-state index contributed by atoms with van der Waals surface area (Å²) in [6, 6.07) is 0.757. The molecule has 114 valence electrons. The van der Waals surface area contributed by atoms with E-state index in [1.165, 1.54) is 90.4 Å². The molecule has 1 atom stereocenters. The Kier molecular flexibility index (Phi) is 10.5. The first kappa shape index (κ1) is 17.0. The summed E-state index contributed by atoms with van der Waals surface area (Å²) < 4.78 is 0. The number of unbranched alkanes of at least 4 members (excludes halogenated alkanes) is 7. The third-order valence-electron chi connectivity index (χ3n) is 4.30. The highest BCUT2D eigenvalue weighted by Gasteiger charge is 2.17. The van der Waals surface area contributed by atoms with Gasteiger partial charge < -0.3 is 10.2 Å². The largest absolute Gasteiger partial charge is 0.311 e. The van der Waals surface area contributed by atoms with Crippen LogP contribution in [0.5, 0.6) is 0 Å². The Morgan fingerprint density at radius 1 is 0.895 bits per heavy atom. The summed E-state index contributed by atoms with van der Waals surface area (Å²) in [4.78, 5) is 2.67. The summed E-state index contributed by atoms with van der Waals surface area (Å²) in [6.45, 7) is 9.65. The van der Waals surface area contributed by atoms with Crippen molar-refractivity contribution >= 4 is 0 Å². The molecule has 1 fully saturated rings. The summed E-state index contributed by atoms with van der Waals surface area (Å²) in [5.41, 5.74) is 0. The number of nitrogens with one attached hydrogen (secondary N) is 1. The van der Waals surface area contributed by atoms with Gasteiger partial charge in [0.25, 0.3) is 0 Å². The summed E-state index contributed by atoms with van der Waals surface area (Å²) in [6.07, 6.45) is 14.1. The van der Waals surface area contributed by atoms with Crippen LogP contribution in [0.2, 0.25) is 0 Å². The maximum atomic E-state index is 3.64. The second-order valence-corrected chi connectivity index (χ2v) is 6.22. The lowest BCUT2D eigenvalue weighted by molar-refractivity contribution is 0.190. The molecule has 2 nitrogen and oxygen atoms in total. The first-order valence-electron chi connectivity index (χ1n) is 8.82. The van der Waals surface area contributed by atoms with Crippen molar-refractivity contribution in [3.63, 3.8) is 0 Å². The Labute approximate surface area is 121 Å². The second kappa shape index (κ2) is 11.7. The van der Waals surface area contributed by atoms with Crippen LogP contribution in [0.1, 0.15) is 78.1 Å². The van der Waals surface area contributed by atoms with E-state index in [0.29, 0.717) is 0 Å². The van der Waals surface area contributed by atoms with Crippen LogP contribution in [0.4, 0.5) is 0 Å². The van der Waals surface area contributed by atoms with Crippen LogP contribution in [-0.2, 0) is 0 Å². The minimum Gasteiger partial charge on any atom is -0.311 e. The molecular formula is C17H36N2. The van der Waals surface area contributed by atoms with Gasteiger partial charge in [-0.2, -0.15) is 0 Å². The van der Waals surface area contributed by atoms with Crippen molar-refractivity contribution in [2.75, 3.05) is 26.2 Å². The Morgan fingerprint density at radius 3 is 2.26 bits per heavy atom. The standard InChI is InChI=1S/C17H36N2/c1-3-5-6-7-8-9-10-11-14-19-15-13-18-17(16-19)12-4-2/h17-18H,3-16H2,1-2H3. The van der Waals surface area contributed by atoms with Gasteiger partial charge in [-0.05, 0) is 19.4 Å². The third-order valence-corrected chi connectivity index (χ3v) is 4.30. The van der Waals surface area contributed by atoms with Gasteiger partial charge >= 0.3 is 0 Å². The van der Waals surface area contributed by atoms with Gasteiger partial charge in [-0.1, -0.05) is 65.2 Å². The Bertz CT molecular complexity index is 192. The van der Waals surface area contributed by atoms with Crippen LogP contribution in [0.15, 0.2) is 0 Å². The summed E-state index contributed by atoms with van der Waals surface area (Å²) in [7, 11) is 0. The minimum atomic E-state index is 0.757. The lowest BCUT2D eigenvalue weighted by atomic mass is 10.1. The Morgan fingerprint density at radius 2 is 1.58 bits per heavy atom. The highest BCUT2D eigenvalue weighted by Crippen LogP contribution is 2.10. The van der Waals surface area contributed by atoms with Gasteiger partial charge in [0.05, 0.1) is 0 Å². The average Bonchev–Trinajstić information content (AvgIpc) is 2.43. The molecule has 0 saturated carbocycles. The van der Waals surface area contributed by atoms with E-state index in [1.807, 2.05) is 0 Å². The molecule has 0 aromatic rings. The number of hydrogen-bond donors (Lipinski definition) is 1. The molecule has 1 heterocycles. The topological polar surface area (TPSA) is 15.3 Å². The smallest absolute Gasteiger partial charge is 0.0195 e. The molecule has 0 aliphatic carbocycles. The van der Waals surface area contributed by atoms with Crippen LogP contribution in [0.3, 0.4) is 0 Å². The quantitative estimate of drug-likeness (QED) is 0.565. The van der Waals surface area contributed by atoms with E-state index in [9.17, 15) is 0 Å². The van der Waals surface area contributed by atoms with Crippen LogP contribution >= 0.6 is 0 Å². The molecule has 0 bridgehead atoms. The molecule has 1 saturated heterocycles. The number of rotatable bonds is 11. The van der Waals surface area contributed by atoms with Gasteiger partial charge in [0.15, 0.2) is 0 Å². The molecule has 2 heteroatoms. The average molecular weight is 268 g/mol. The first-order valence-corrected chi connectivity index (χ1v) is 8.82. The van der Waals surface area contributed by atoms with Crippen molar-refractivity contribution in [1.29, 1.82) is 0 Å². The summed E-state index contributed by atoms with van der Waals surface area (Å²) in [5.74, 6) is 0. The molecule has 1 N–H and O–H groups in total. The predicted molar refractivity (Wildman–Crippen MR) is 85.7 cm³/mol. The molecule has 0 amide bonds. The predicted octanol–water partition coefficient (Wildman–Crippen LogP) is 4.20. The van der Waals surface area contributed by atoms with E-state index in [-0.39, 0.29) is 0 Å². The zero-order valence-corrected chi connectivity index (χ0v) is 13.4. The van der Waals surface area contributed by atoms with E-state index in [4.69, 9.17) is 0 Å². The lowest BCUT2D eigenvalue weighted by Gasteiger charge is -2.33. The van der Waals surface area contributed by atoms with Gasteiger partial charge in [-0.15, -0.1) is 0 Å². The number of hydrogen-bond acceptors (Lipinski definition) is 2. The van der Waals surface area contributed by atoms with Gasteiger partial charge in [0.1, 0.15) is 0 Å². The van der Waals surface area contributed by atoms with E-state index in [1.54, 1.807) is 0 Å². The van der Waals surface area contributed by atoms with E-state index in [2.05, 4.69) is 24.1 Å². The van der Waals surface area contributed by atoms with Gasteiger partial charge in [0, 0.05) is 25.7 Å². The molecule has 1 rings (SSSR count). The summed E-state index contributed by atoms with van der Waals surface area (Å²) in [5, 5.41) is 3.64. The lowest BCUT2D eigenvalue weighted by Crippen LogP contribution is -2.50. The van der Waals surface area contributed by atoms with Crippen molar-refractivity contribution in [3.8, 4) is 0 Å². The highest BCUT2D eigenvalue weighted by atomic mass is 15.2. The Hall–Kier alpha value is -0.0800. The van der Waals surface area contributed by atoms with Crippen molar-refractivity contribution in [1.82, 2.24) is 10.2 Å². The zero-order chi connectivity index (χ0) is 13.8. The molecule has 0 radical (unpaired) electrons. The van der Waals surface area contributed by atoms with Crippen molar-refractivity contribution < 1.29 is 0 Å². The molecule has 1 unspecified atom stereocenters. The van der Waals surface area contributed by atoms with E-state index in [0.717, 1.165) is 6.04 Å². The SMILES string of the molecule is CCCCCCCCCCN1CCNC(CCC)C1. The summed E-state index contributed by atoms with van der Waals surface area (Å²) >= 11 is 0. The molecule has 19 heavy (non-hydrogen) atoms. The maximum absolute atomic E-state index is 3.64. The molecule has 1 aliphatic heterocycles. The number of nitrogens with zero attached hydrogens (tertiary/aromatic N) is 1. The maximum Gasteiger partial charge on any atom is 0.0195 e. The fraction of sp³-hybridized carbons (Fsp3) is 1.00. The fourth-order valence-electron chi connectivity index (χ4n) is 3.11. The highest BCUT2D eigenvalue weighted by molar-refractivity contribution is 4.77. The molecule has 0 aromatic carbocycles. The van der Waals surface area contributed by atoms with Gasteiger partial charge in [-0.3, -0.25) is 0 Å². The molecule has 0 aromatic heterocycles. The van der Waals surface area contributed by atoms with Crippen molar-refractivity contribution in [2.24, 2.45) is 0 Å². The van der Waals surface area contributed by atoms with E-state index >= 15 is 0 Å². The minimum absolute atomic E-state index is 0.757. The van der Waals surface area contributed by atoms with Gasteiger partial charge in [-0.25, -0.2) is 0 Å².